The standard InChI is InChI=1S/C18H18N2O2/c1-2-17(22-16-6-4-3-5-7-16)18(21)20-15-10-8-14(9-11-15)12-13-19/h3-11,17H,2,12H2,1H3,(H,20,21)/t17-/m0/s1. The van der Waals surface area contributed by atoms with Crippen molar-refractivity contribution < 1.29 is 9.53 Å². The maximum absolute atomic E-state index is 12.3. The summed E-state index contributed by atoms with van der Waals surface area (Å²) in [5.41, 5.74) is 1.62. The summed E-state index contributed by atoms with van der Waals surface area (Å²) < 4.78 is 5.70. The molecule has 4 nitrogen and oxygen atoms in total. The monoisotopic (exact) mass is 294 g/mol. The summed E-state index contributed by atoms with van der Waals surface area (Å²) in [7, 11) is 0. The van der Waals surface area contributed by atoms with Crippen molar-refractivity contribution >= 4 is 11.6 Å². The Balaban J connectivity index is 1.98. The molecule has 112 valence electrons. The first-order valence-corrected chi connectivity index (χ1v) is 7.21. The van der Waals surface area contributed by atoms with Gasteiger partial charge in [-0.1, -0.05) is 37.3 Å². The smallest absolute Gasteiger partial charge is 0.265 e. The molecular formula is C18H18N2O2. The van der Waals surface area contributed by atoms with Crippen LogP contribution in [0.3, 0.4) is 0 Å². The summed E-state index contributed by atoms with van der Waals surface area (Å²) in [5.74, 6) is 0.494. The van der Waals surface area contributed by atoms with Crippen LogP contribution in [-0.2, 0) is 11.2 Å². The third-order valence-corrected chi connectivity index (χ3v) is 3.19. The van der Waals surface area contributed by atoms with E-state index in [1.807, 2.05) is 49.4 Å². The van der Waals surface area contributed by atoms with Crippen molar-refractivity contribution in [1.82, 2.24) is 0 Å². The Morgan fingerprint density at radius 3 is 2.45 bits per heavy atom. The summed E-state index contributed by atoms with van der Waals surface area (Å²) in [6.45, 7) is 1.91. The van der Waals surface area contributed by atoms with Gasteiger partial charge in [-0.25, -0.2) is 0 Å². The van der Waals surface area contributed by atoms with E-state index in [1.54, 1.807) is 12.1 Å². The molecule has 0 radical (unpaired) electrons. The van der Waals surface area contributed by atoms with E-state index in [0.717, 1.165) is 5.56 Å². The van der Waals surface area contributed by atoms with Gasteiger partial charge in [-0.05, 0) is 36.2 Å². The normalized spacial score (nSPS) is 11.3. The van der Waals surface area contributed by atoms with E-state index in [-0.39, 0.29) is 5.91 Å². The SMILES string of the molecule is CC[C@H](Oc1ccccc1)C(=O)Nc1ccc(CC#N)cc1. The lowest BCUT2D eigenvalue weighted by Gasteiger charge is -2.17. The molecule has 0 saturated heterocycles. The maximum Gasteiger partial charge on any atom is 0.265 e. The molecule has 2 aromatic rings. The second-order valence-electron chi connectivity index (χ2n) is 4.85. The fourth-order valence-corrected chi connectivity index (χ4v) is 2.01. The fraction of sp³-hybridized carbons (Fsp3) is 0.222. The van der Waals surface area contributed by atoms with Gasteiger partial charge in [0.2, 0.25) is 0 Å². The molecule has 0 saturated carbocycles. The zero-order valence-electron chi connectivity index (χ0n) is 12.5. The van der Waals surface area contributed by atoms with Crippen LogP contribution in [0.2, 0.25) is 0 Å². The molecule has 0 spiro atoms. The Hall–Kier alpha value is -2.80. The predicted molar refractivity (Wildman–Crippen MR) is 85.5 cm³/mol. The molecule has 1 N–H and O–H groups in total. The number of para-hydroxylation sites is 1. The summed E-state index contributed by atoms with van der Waals surface area (Å²) in [6.07, 6.45) is 0.400. The third-order valence-electron chi connectivity index (χ3n) is 3.19. The average molecular weight is 294 g/mol. The number of carbonyl (C=O) groups is 1. The van der Waals surface area contributed by atoms with Crippen LogP contribution in [-0.4, -0.2) is 12.0 Å². The molecule has 0 aliphatic carbocycles. The van der Waals surface area contributed by atoms with Crippen molar-refractivity contribution in [2.75, 3.05) is 5.32 Å². The molecule has 1 atom stereocenters. The number of nitrogens with zero attached hydrogens (tertiary/aromatic N) is 1. The van der Waals surface area contributed by atoms with Gasteiger partial charge in [-0.2, -0.15) is 5.26 Å². The van der Waals surface area contributed by atoms with Gasteiger partial charge in [-0.3, -0.25) is 4.79 Å². The van der Waals surface area contributed by atoms with E-state index >= 15 is 0 Å². The molecule has 0 fully saturated rings. The summed E-state index contributed by atoms with van der Waals surface area (Å²) in [6, 6.07) is 18.6. The Kier molecular flexibility index (Phi) is 5.56. The number of nitrogens with one attached hydrogen (secondary N) is 1. The average Bonchev–Trinajstić information content (AvgIpc) is 2.55. The number of amides is 1. The van der Waals surface area contributed by atoms with Crippen molar-refractivity contribution in [3.8, 4) is 11.8 Å². The number of hydrogen-bond acceptors (Lipinski definition) is 3. The maximum atomic E-state index is 12.3. The van der Waals surface area contributed by atoms with Crippen LogP contribution in [0.5, 0.6) is 5.75 Å². The highest BCUT2D eigenvalue weighted by molar-refractivity contribution is 5.94. The van der Waals surface area contributed by atoms with Crippen LogP contribution in [0.1, 0.15) is 18.9 Å². The number of rotatable bonds is 6. The summed E-state index contributed by atoms with van der Waals surface area (Å²) in [4.78, 5) is 12.3. The highest BCUT2D eigenvalue weighted by atomic mass is 16.5. The molecule has 0 bridgehead atoms. The minimum Gasteiger partial charge on any atom is -0.481 e. The van der Waals surface area contributed by atoms with E-state index < -0.39 is 6.10 Å². The quantitative estimate of drug-likeness (QED) is 0.886. The molecule has 0 aromatic heterocycles. The van der Waals surface area contributed by atoms with Crippen molar-refractivity contribution in [3.63, 3.8) is 0 Å². The lowest BCUT2D eigenvalue weighted by Crippen LogP contribution is -2.32. The van der Waals surface area contributed by atoms with E-state index in [4.69, 9.17) is 10.00 Å². The summed E-state index contributed by atoms with van der Waals surface area (Å²) >= 11 is 0. The number of benzene rings is 2. The van der Waals surface area contributed by atoms with Crippen molar-refractivity contribution in [2.45, 2.75) is 25.9 Å². The molecular weight excluding hydrogens is 276 g/mol. The van der Waals surface area contributed by atoms with Crippen LogP contribution in [0.25, 0.3) is 0 Å². The van der Waals surface area contributed by atoms with Gasteiger partial charge in [0.25, 0.3) is 5.91 Å². The van der Waals surface area contributed by atoms with Gasteiger partial charge in [-0.15, -0.1) is 0 Å². The van der Waals surface area contributed by atoms with Crippen LogP contribution in [0, 0.1) is 11.3 Å². The van der Waals surface area contributed by atoms with Gasteiger partial charge in [0, 0.05) is 5.69 Å². The van der Waals surface area contributed by atoms with Crippen molar-refractivity contribution in [2.24, 2.45) is 0 Å². The number of nitriles is 1. The second-order valence-corrected chi connectivity index (χ2v) is 4.85. The van der Waals surface area contributed by atoms with Crippen molar-refractivity contribution in [3.05, 3.63) is 60.2 Å². The van der Waals surface area contributed by atoms with E-state index in [0.29, 0.717) is 24.3 Å². The lowest BCUT2D eigenvalue weighted by molar-refractivity contribution is -0.122. The Morgan fingerprint density at radius 1 is 1.18 bits per heavy atom. The van der Waals surface area contributed by atoms with Crippen LogP contribution in [0.4, 0.5) is 5.69 Å². The van der Waals surface area contributed by atoms with Gasteiger partial charge < -0.3 is 10.1 Å². The minimum atomic E-state index is -0.541. The minimum absolute atomic E-state index is 0.181. The molecule has 0 heterocycles. The fourth-order valence-electron chi connectivity index (χ4n) is 2.01. The van der Waals surface area contributed by atoms with E-state index in [1.165, 1.54) is 0 Å². The second kappa shape index (κ2) is 7.84. The van der Waals surface area contributed by atoms with Crippen molar-refractivity contribution in [1.29, 1.82) is 5.26 Å². The first-order chi connectivity index (χ1) is 10.7. The van der Waals surface area contributed by atoms with Crippen LogP contribution in [0.15, 0.2) is 54.6 Å². The number of hydrogen-bond donors (Lipinski definition) is 1. The van der Waals surface area contributed by atoms with Gasteiger partial charge in [0.15, 0.2) is 6.10 Å². The topological polar surface area (TPSA) is 62.1 Å². The largest absolute Gasteiger partial charge is 0.481 e. The molecule has 2 rings (SSSR count). The van der Waals surface area contributed by atoms with Gasteiger partial charge in [0.05, 0.1) is 12.5 Å². The highest BCUT2D eigenvalue weighted by Gasteiger charge is 2.18. The Labute approximate surface area is 130 Å². The number of anilines is 1. The molecule has 1 amide bonds. The predicted octanol–water partition coefficient (Wildman–Crippen LogP) is 3.55. The zero-order chi connectivity index (χ0) is 15.8. The number of carbonyl (C=O) groups excluding carboxylic acids is 1. The van der Waals surface area contributed by atoms with Gasteiger partial charge >= 0.3 is 0 Å². The first-order valence-electron chi connectivity index (χ1n) is 7.21. The Morgan fingerprint density at radius 2 is 1.86 bits per heavy atom. The lowest BCUT2D eigenvalue weighted by atomic mass is 10.1. The highest BCUT2D eigenvalue weighted by Crippen LogP contribution is 2.15. The third kappa shape index (κ3) is 4.35. The Bertz CT molecular complexity index is 645. The molecule has 0 aliphatic heterocycles. The molecule has 4 heteroatoms. The first kappa shape index (κ1) is 15.6. The molecule has 22 heavy (non-hydrogen) atoms. The molecule has 2 aromatic carbocycles. The van der Waals surface area contributed by atoms with Crippen LogP contribution >= 0.6 is 0 Å². The summed E-state index contributed by atoms with van der Waals surface area (Å²) in [5, 5.41) is 11.5. The molecule has 0 unspecified atom stereocenters. The van der Waals surface area contributed by atoms with Gasteiger partial charge in [0.1, 0.15) is 5.75 Å². The molecule has 0 aliphatic rings. The van der Waals surface area contributed by atoms with E-state index in [9.17, 15) is 4.79 Å². The number of ether oxygens (including phenoxy) is 1. The van der Waals surface area contributed by atoms with E-state index in [2.05, 4.69) is 11.4 Å². The zero-order valence-corrected chi connectivity index (χ0v) is 12.5. The van der Waals surface area contributed by atoms with Crippen LogP contribution < -0.4 is 10.1 Å².